The Bertz CT molecular complexity index is 367. The number of nitrogen functional groups attached to an aromatic ring is 1. The van der Waals surface area contributed by atoms with Gasteiger partial charge in [-0.2, -0.15) is 0 Å². The van der Waals surface area contributed by atoms with Gasteiger partial charge in [0, 0.05) is 11.7 Å². The zero-order chi connectivity index (χ0) is 10.1. The van der Waals surface area contributed by atoms with E-state index < -0.39 is 0 Å². The molecule has 3 N–H and O–H groups in total. The van der Waals surface area contributed by atoms with Gasteiger partial charge in [-0.15, -0.1) is 12.4 Å². The SMILES string of the molecule is CC1CC(c2ccccc2N)C(=O)N1.Cl. The van der Waals surface area contributed by atoms with E-state index in [4.69, 9.17) is 5.73 Å². The molecule has 0 radical (unpaired) electrons. The van der Waals surface area contributed by atoms with E-state index in [1.165, 1.54) is 0 Å². The molecule has 1 aliphatic rings. The number of carbonyl (C=O) groups excluding carboxylic acids is 1. The first-order valence-electron chi connectivity index (χ1n) is 4.83. The fourth-order valence-electron chi connectivity index (χ4n) is 1.96. The summed E-state index contributed by atoms with van der Waals surface area (Å²) < 4.78 is 0. The lowest BCUT2D eigenvalue weighted by molar-refractivity contribution is -0.120. The lowest BCUT2D eigenvalue weighted by Crippen LogP contribution is -2.23. The molecule has 1 saturated heterocycles. The van der Waals surface area contributed by atoms with Gasteiger partial charge >= 0.3 is 0 Å². The summed E-state index contributed by atoms with van der Waals surface area (Å²) >= 11 is 0. The molecular formula is C11H15ClN2O. The first-order chi connectivity index (χ1) is 6.68. The Morgan fingerprint density at radius 3 is 2.60 bits per heavy atom. The number of nitrogens with one attached hydrogen (secondary N) is 1. The molecule has 4 heteroatoms. The average Bonchev–Trinajstić information content (AvgIpc) is 2.46. The molecule has 2 atom stereocenters. The molecular weight excluding hydrogens is 212 g/mol. The second kappa shape index (κ2) is 4.53. The molecule has 3 nitrogen and oxygen atoms in total. The van der Waals surface area contributed by atoms with Crippen LogP contribution in [0.1, 0.15) is 24.8 Å². The van der Waals surface area contributed by atoms with Gasteiger partial charge in [0.05, 0.1) is 5.92 Å². The zero-order valence-electron chi connectivity index (χ0n) is 8.57. The summed E-state index contributed by atoms with van der Waals surface area (Å²) in [4.78, 5) is 11.6. The summed E-state index contributed by atoms with van der Waals surface area (Å²) in [5.41, 5.74) is 7.49. The van der Waals surface area contributed by atoms with Gasteiger partial charge in [-0.1, -0.05) is 18.2 Å². The van der Waals surface area contributed by atoms with E-state index in [0.717, 1.165) is 12.0 Å². The fraction of sp³-hybridized carbons (Fsp3) is 0.364. The number of halogens is 1. The van der Waals surface area contributed by atoms with Crippen molar-refractivity contribution in [3.8, 4) is 0 Å². The number of anilines is 1. The maximum atomic E-state index is 11.6. The van der Waals surface area contributed by atoms with Crippen LogP contribution in [0.5, 0.6) is 0 Å². The Balaban J connectivity index is 0.00000112. The lowest BCUT2D eigenvalue weighted by Gasteiger charge is -2.09. The van der Waals surface area contributed by atoms with Crippen LogP contribution in [0.3, 0.4) is 0 Å². The van der Waals surface area contributed by atoms with Crippen molar-refractivity contribution < 1.29 is 4.79 Å². The van der Waals surface area contributed by atoms with Crippen LogP contribution in [0.15, 0.2) is 24.3 Å². The molecule has 1 aliphatic heterocycles. The number of hydrogen-bond donors (Lipinski definition) is 2. The molecule has 15 heavy (non-hydrogen) atoms. The highest BCUT2D eigenvalue weighted by Crippen LogP contribution is 2.30. The lowest BCUT2D eigenvalue weighted by atomic mass is 9.95. The Hall–Kier alpha value is -1.22. The summed E-state index contributed by atoms with van der Waals surface area (Å²) in [6.07, 6.45) is 0.840. The molecule has 1 fully saturated rings. The second-order valence-corrected chi connectivity index (χ2v) is 3.83. The molecule has 0 bridgehead atoms. The number of nitrogens with two attached hydrogens (primary N) is 1. The van der Waals surface area contributed by atoms with E-state index in [9.17, 15) is 4.79 Å². The number of rotatable bonds is 1. The van der Waals surface area contributed by atoms with Crippen molar-refractivity contribution in [1.82, 2.24) is 5.32 Å². The van der Waals surface area contributed by atoms with Crippen molar-refractivity contribution in [2.45, 2.75) is 25.3 Å². The molecule has 82 valence electrons. The fourth-order valence-corrected chi connectivity index (χ4v) is 1.96. The van der Waals surface area contributed by atoms with Crippen LogP contribution in [-0.2, 0) is 4.79 Å². The minimum atomic E-state index is -0.0637. The molecule has 0 aromatic heterocycles. The molecule has 1 aromatic rings. The van der Waals surface area contributed by atoms with Crippen molar-refractivity contribution in [2.24, 2.45) is 0 Å². The number of hydrogen-bond acceptors (Lipinski definition) is 2. The smallest absolute Gasteiger partial charge is 0.227 e. The van der Waals surface area contributed by atoms with E-state index in [1.807, 2.05) is 31.2 Å². The van der Waals surface area contributed by atoms with Crippen LogP contribution in [-0.4, -0.2) is 11.9 Å². The molecule has 1 heterocycles. The van der Waals surface area contributed by atoms with Gasteiger partial charge in [-0.25, -0.2) is 0 Å². The van der Waals surface area contributed by atoms with E-state index in [1.54, 1.807) is 0 Å². The minimum Gasteiger partial charge on any atom is -0.398 e. The quantitative estimate of drug-likeness (QED) is 0.716. The molecule has 2 rings (SSSR count). The van der Waals surface area contributed by atoms with Crippen LogP contribution in [0.2, 0.25) is 0 Å². The number of carbonyl (C=O) groups is 1. The third-order valence-corrected chi connectivity index (χ3v) is 2.67. The van der Waals surface area contributed by atoms with Gasteiger partial charge in [0.25, 0.3) is 0 Å². The first kappa shape index (κ1) is 11.9. The highest BCUT2D eigenvalue weighted by molar-refractivity contribution is 5.87. The number of para-hydroxylation sites is 1. The summed E-state index contributed by atoms with van der Waals surface area (Å²) in [5.74, 6) is 0.0293. The first-order valence-corrected chi connectivity index (χ1v) is 4.83. The maximum Gasteiger partial charge on any atom is 0.227 e. The van der Waals surface area contributed by atoms with Crippen molar-refractivity contribution in [2.75, 3.05) is 5.73 Å². The van der Waals surface area contributed by atoms with Gasteiger partial charge < -0.3 is 11.1 Å². The van der Waals surface area contributed by atoms with Gasteiger partial charge in [0.2, 0.25) is 5.91 Å². The van der Waals surface area contributed by atoms with Crippen LogP contribution in [0.4, 0.5) is 5.69 Å². The molecule has 0 aliphatic carbocycles. The summed E-state index contributed by atoms with van der Waals surface area (Å²) in [6, 6.07) is 7.83. The standard InChI is InChI=1S/C11H14N2O.ClH/c1-7-6-9(11(14)13-7)8-4-2-3-5-10(8)12;/h2-5,7,9H,6,12H2,1H3,(H,13,14);1H. The third-order valence-electron chi connectivity index (χ3n) is 2.67. The average molecular weight is 227 g/mol. The molecule has 0 saturated carbocycles. The number of benzene rings is 1. The Kier molecular flexibility index (Phi) is 3.58. The van der Waals surface area contributed by atoms with E-state index in [0.29, 0.717) is 5.69 Å². The van der Waals surface area contributed by atoms with Gasteiger partial charge in [-0.05, 0) is 25.0 Å². The Labute approximate surface area is 95.5 Å². The van der Waals surface area contributed by atoms with Crippen LogP contribution in [0.25, 0.3) is 0 Å². The van der Waals surface area contributed by atoms with Crippen LogP contribution < -0.4 is 11.1 Å². The minimum absolute atomic E-state index is 0. The van der Waals surface area contributed by atoms with Gasteiger partial charge in [0.15, 0.2) is 0 Å². The second-order valence-electron chi connectivity index (χ2n) is 3.83. The zero-order valence-corrected chi connectivity index (χ0v) is 9.38. The predicted molar refractivity (Wildman–Crippen MR) is 63.1 cm³/mol. The normalized spacial score (nSPS) is 24.5. The molecule has 2 unspecified atom stereocenters. The molecule has 1 aromatic carbocycles. The topological polar surface area (TPSA) is 55.1 Å². The highest BCUT2D eigenvalue weighted by atomic mass is 35.5. The van der Waals surface area contributed by atoms with E-state index in [2.05, 4.69) is 5.32 Å². The van der Waals surface area contributed by atoms with Crippen molar-refractivity contribution in [1.29, 1.82) is 0 Å². The van der Waals surface area contributed by atoms with E-state index in [-0.39, 0.29) is 30.3 Å². The third kappa shape index (κ3) is 2.23. The monoisotopic (exact) mass is 226 g/mol. The van der Waals surface area contributed by atoms with E-state index >= 15 is 0 Å². The van der Waals surface area contributed by atoms with Crippen LogP contribution in [0, 0.1) is 0 Å². The highest BCUT2D eigenvalue weighted by Gasteiger charge is 2.31. The van der Waals surface area contributed by atoms with Crippen molar-refractivity contribution in [3.05, 3.63) is 29.8 Å². The van der Waals surface area contributed by atoms with Gasteiger partial charge in [0.1, 0.15) is 0 Å². The van der Waals surface area contributed by atoms with Crippen molar-refractivity contribution >= 4 is 24.0 Å². The largest absolute Gasteiger partial charge is 0.398 e. The van der Waals surface area contributed by atoms with Crippen molar-refractivity contribution in [3.63, 3.8) is 0 Å². The predicted octanol–water partition coefficient (Wildman–Crippen LogP) is 1.68. The summed E-state index contributed by atoms with van der Waals surface area (Å²) in [5, 5.41) is 2.90. The summed E-state index contributed by atoms with van der Waals surface area (Å²) in [6.45, 7) is 2.01. The molecule has 0 spiro atoms. The van der Waals surface area contributed by atoms with Gasteiger partial charge in [-0.3, -0.25) is 4.79 Å². The Morgan fingerprint density at radius 2 is 2.07 bits per heavy atom. The van der Waals surface area contributed by atoms with Crippen LogP contribution >= 0.6 is 12.4 Å². The maximum absolute atomic E-state index is 11.6. The molecule has 1 amide bonds. The summed E-state index contributed by atoms with van der Waals surface area (Å²) in [7, 11) is 0. The number of amides is 1. The Morgan fingerprint density at radius 1 is 1.40 bits per heavy atom.